The summed E-state index contributed by atoms with van der Waals surface area (Å²) in [5.74, 6) is 0.744. The minimum absolute atomic E-state index is 0.228. The molecule has 0 spiro atoms. The van der Waals surface area contributed by atoms with Crippen molar-refractivity contribution < 1.29 is 13.2 Å². The third-order valence-electron chi connectivity index (χ3n) is 6.61. The molecule has 1 unspecified atom stereocenters. The van der Waals surface area contributed by atoms with Crippen LogP contribution >= 0.6 is 11.8 Å². The van der Waals surface area contributed by atoms with Crippen LogP contribution in [0.15, 0.2) is 64.6 Å². The molecule has 3 aromatic rings. The molecule has 1 saturated carbocycles. The lowest BCUT2D eigenvalue weighted by atomic mass is 10.2. The Bertz CT molecular complexity index is 1220. The van der Waals surface area contributed by atoms with Gasteiger partial charge < -0.3 is 4.74 Å². The summed E-state index contributed by atoms with van der Waals surface area (Å²) in [6, 6.07) is 17.9. The Labute approximate surface area is 205 Å². The Balaban J connectivity index is 1.49. The largest absolute Gasteiger partial charge is 0.379 e. The van der Waals surface area contributed by atoms with E-state index in [1.807, 2.05) is 12.1 Å². The van der Waals surface area contributed by atoms with Crippen LogP contribution < -0.4 is 0 Å². The molecule has 0 amide bonds. The van der Waals surface area contributed by atoms with Gasteiger partial charge in [0, 0.05) is 29.9 Å². The second kappa shape index (κ2) is 10.2. The van der Waals surface area contributed by atoms with E-state index in [-0.39, 0.29) is 5.25 Å². The van der Waals surface area contributed by atoms with E-state index < -0.39 is 10.0 Å². The minimum Gasteiger partial charge on any atom is -0.379 e. The van der Waals surface area contributed by atoms with E-state index in [1.54, 1.807) is 30.0 Å². The van der Waals surface area contributed by atoms with Crippen LogP contribution in [0.25, 0.3) is 11.4 Å². The number of hydrogen-bond acceptors (Lipinski definition) is 6. The summed E-state index contributed by atoms with van der Waals surface area (Å²) in [5.41, 5.74) is 2.03. The molecular formula is C25H30N4O3S2. The van der Waals surface area contributed by atoms with Crippen LogP contribution in [0.2, 0.25) is 0 Å². The van der Waals surface area contributed by atoms with Gasteiger partial charge in [0.05, 0.1) is 18.1 Å². The van der Waals surface area contributed by atoms with Crippen molar-refractivity contribution in [3.63, 3.8) is 0 Å². The number of benzene rings is 2. The number of nitrogens with zero attached hydrogens (tertiary/aromatic N) is 4. The Morgan fingerprint density at radius 2 is 1.74 bits per heavy atom. The van der Waals surface area contributed by atoms with Crippen molar-refractivity contribution in [2.45, 2.75) is 54.0 Å². The summed E-state index contributed by atoms with van der Waals surface area (Å²) >= 11 is 1.71. The van der Waals surface area contributed by atoms with Gasteiger partial charge >= 0.3 is 0 Å². The third-order valence-corrected chi connectivity index (χ3v) is 9.62. The summed E-state index contributed by atoms with van der Waals surface area (Å²) < 4.78 is 35.6. The Morgan fingerprint density at radius 1 is 1.00 bits per heavy atom. The second-order valence-electron chi connectivity index (χ2n) is 8.83. The van der Waals surface area contributed by atoms with Gasteiger partial charge in [-0.2, -0.15) is 4.31 Å². The molecule has 0 bridgehead atoms. The lowest BCUT2D eigenvalue weighted by Gasteiger charge is -2.26. The van der Waals surface area contributed by atoms with E-state index in [0.29, 0.717) is 37.2 Å². The van der Waals surface area contributed by atoms with Gasteiger partial charge in [-0.3, -0.25) is 4.57 Å². The fourth-order valence-electron chi connectivity index (χ4n) is 4.73. The van der Waals surface area contributed by atoms with Crippen molar-refractivity contribution in [3.05, 3.63) is 60.2 Å². The molecule has 7 nitrogen and oxygen atoms in total. The van der Waals surface area contributed by atoms with E-state index in [0.717, 1.165) is 29.4 Å². The first-order valence-electron chi connectivity index (χ1n) is 11.9. The van der Waals surface area contributed by atoms with Crippen molar-refractivity contribution in [3.8, 4) is 11.4 Å². The van der Waals surface area contributed by atoms with Crippen LogP contribution in [0.3, 0.4) is 0 Å². The molecule has 2 fully saturated rings. The maximum Gasteiger partial charge on any atom is 0.243 e. The summed E-state index contributed by atoms with van der Waals surface area (Å²) in [6.07, 6.45) is 4.55. The van der Waals surface area contributed by atoms with E-state index >= 15 is 0 Å². The van der Waals surface area contributed by atoms with E-state index in [4.69, 9.17) is 4.74 Å². The fourth-order valence-corrected chi connectivity index (χ4v) is 7.23. The number of aromatic nitrogens is 3. The van der Waals surface area contributed by atoms with Gasteiger partial charge in [-0.05, 0) is 37.5 Å². The molecule has 0 N–H and O–H groups in total. The molecule has 34 heavy (non-hydrogen) atoms. The van der Waals surface area contributed by atoms with Crippen molar-refractivity contribution in [1.82, 2.24) is 19.1 Å². The normalized spacial score (nSPS) is 18.9. The van der Waals surface area contributed by atoms with Gasteiger partial charge in [0.15, 0.2) is 11.0 Å². The third kappa shape index (κ3) is 4.79. The minimum atomic E-state index is -3.58. The zero-order chi connectivity index (χ0) is 23.5. The first-order chi connectivity index (χ1) is 16.5. The monoisotopic (exact) mass is 498 g/mol. The highest BCUT2D eigenvalue weighted by atomic mass is 32.2. The number of morpholine rings is 1. The Morgan fingerprint density at radius 3 is 2.47 bits per heavy atom. The zero-order valence-electron chi connectivity index (χ0n) is 19.3. The molecule has 2 aliphatic rings. The SMILES string of the molecule is CC(Sc1nnc(-c2cccc(S(=O)(=O)N3CCOCC3)c2)n1C1CCCC1)c1ccccc1. The molecule has 9 heteroatoms. The Kier molecular flexibility index (Phi) is 7.06. The molecule has 1 aliphatic heterocycles. The molecular weight excluding hydrogens is 468 g/mol. The average molecular weight is 499 g/mol. The quantitative estimate of drug-likeness (QED) is 0.430. The van der Waals surface area contributed by atoms with E-state index in [2.05, 4.69) is 46.0 Å². The van der Waals surface area contributed by atoms with E-state index in [1.165, 1.54) is 22.7 Å². The maximum atomic E-state index is 13.2. The number of hydrogen-bond donors (Lipinski definition) is 0. The number of sulfonamides is 1. The van der Waals surface area contributed by atoms with Gasteiger partial charge in [0.25, 0.3) is 0 Å². The molecule has 180 valence electrons. The highest BCUT2D eigenvalue weighted by molar-refractivity contribution is 7.99. The number of thioether (sulfide) groups is 1. The van der Waals surface area contributed by atoms with Crippen molar-refractivity contribution in [1.29, 1.82) is 0 Å². The molecule has 1 saturated heterocycles. The Hall–Kier alpha value is -2.20. The van der Waals surface area contributed by atoms with Crippen molar-refractivity contribution >= 4 is 21.8 Å². The smallest absolute Gasteiger partial charge is 0.243 e. The number of ether oxygens (including phenoxy) is 1. The van der Waals surface area contributed by atoms with Gasteiger partial charge in [0.2, 0.25) is 10.0 Å². The summed E-state index contributed by atoms with van der Waals surface area (Å²) in [5, 5.41) is 10.3. The first-order valence-corrected chi connectivity index (χ1v) is 14.2. The zero-order valence-corrected chi connectivity index (χ0v) is 21.0. The van der Waals surface area contributed by atoms with Crippen LogP contribution in [0, 0.1) is 0 Å². The van der Waals surface area contributed by atoms with Gasteiger partial charge in [-0.15, -0.1) is 10.2 Å². The standard InChI is InChI=1S/C25H30N4O3S2/c1-19(20-8-3-2-4-9-20)33-25-27-26-24(29(25)22-11-5-6-12-22)21-10-7-13-23(18-21)34(30,31)28-14-16-32-17-15-28/h2-4,7-10,13,18-19,22H,5-6,11-12,14-17H2,1H3. The molecule has 0 radical (unpaired) electrons. The molecule has 5 rings (SSSR count). The predicted octanol–water partition coefficient (Wildman–Crippen LogP) is 4.93. The average Bonchev–Trinajstić information content (AvgIpc) is 3.55. The molecule has 1 atom stereocenters. The molecule has 2 aromatic carbocycles. The maximum absolute atomic E-state index is 13.2. The van der Waals surface area contributed by atoms with Crippen molar-refractivity contribution in [2.75, 3.05) is 26.3 Å². The lowest BCUT2D eigenvalue weighted by Crippen LogP contribution is -2.40. The van der Waals surface area contributed by atoms with Crippen molar-refractivity contribution in [2.24, 2.45) is 0 Å². The second-order valence-corrected chi connectivity index (χ2v) is 12.1. The topological polar surface area (TPSA) is 77.3 Å². The van der Waals surface area contributed by atoms with Crippen LogP contribution in [-0.2, 0) is 14.8 Å². The van der Waals surface area contributed by atoms with Crippen LogP contribution in [0.1, 0.15) is 49.5 Å². The number of rotatable bonds is 7. The highest BCUT2D eigenvalue weighted by Gasteiger charge is 2.29. The summed E-state index contributed by atoms with van der Waals surface area (Å²) in [4.78, 5) is 0.291. The summed E-state index contributed by atoms with van der Waals surface area (Å²) in [7, 11) is -3.58. The molecule has 1 aliphatic carbocycles. The van der Waals surface area contributed by atoms with Crippen LogP contribution in [0.4, 0.5) is 0 Å². The van der Waals surface area contributed by atoms with Gasteiger partial charge in [-0.25, -0.2) is 8.42 Å². The highest BCUT2D eigenvalue weighted by Crippen LogP contribution is 2.41. The first kappa shape index (κ1) is 23.5. The molecule has 1 aromatic heterocycles. The van der Waals surface area contributed by atoms with Gasteiger partial charge in [-0.1, -0.05) is 67.1 Å². The molecule has 2 heterocycles. The lowest BCUT2D eigenvalue weighted by molar-refractivity contribution is 0.0730. The van der Waals surface area contributed by atoms with E-state index in [9.17, 15) is 8.42 Å². The fraction of sp³-hybridized carbons (Fsp3) is 0.440. The van der Waals surface area contributed by atoms with Crippen LogP contribution in [0.5, 0.6) is 0 Å². The predicted molar refractivity (Wildman–Crippen MR) is 133 cm³/mol. The van der Waals surface area contributed by atoms with Crippen LogP contribution in [-0.4, -0.2) is 53.8 Å². The van der Waals surface area contributed by atoms with Gasteiger partial charge in [0.1, 0.15) is 0 Å². The summed E-state index contributed by atoms with van der Waals surface area (Å²) in [6.45, 7) is 3.79.